The lowest BCUT2D eigenvalue weighted by Gasteiger charge is -2.11. The second-order valence-electron chi connectivity index (χ2n) is 5.09. The van der Waals surface area contributed by atoms with Crippen molar-refractivity contribution in [2.75, 3.05) is 12.4 Å². The molecule has 112 valence electrons. The highest BCUT2D eigenvalue weighted by atomic mass is 16.5. The molecule has 4 heteroatoms. The van der Waals surface area contributed by atoms with Crippen LogP contribution >= 0.6 is 0 Å². The Morgan fingerprint density at radius 2 is 2.00 bits per heavy atom. The number of hydrogen-bond donors (Lipinski definition) is 1. The maximum absolute atomic E-state index is 12.2. The second-order valence-corrected chi connectivity index (χ2v) is 5.09. The van der Waals surface area contributed by atoms with Gasteiger partial charge in [-0.25, -0.2) is 0 Å². The average molecular weight is 294 g/mol. The molecule has 0 aliphatic carbocycles. The van der Waals surface area contributed by atoms with Gasteiger partial charge in [0.15, 0.2) is 0 Å². The Hall–Kier alpha value is -2.80. The van der Waals surface area contributed by atoms with Crippen LogP contribution in [0.15, 0.2) is 48.5 Å². The number of benzene rings is 2. The van der Waals surface area contributed by atoms with E-state index in [0.29, 0.717) is 17.9 Å². The molecule has 0 unspecified atom stereocenters. The molecular formula is C18H18N2O2. The van der Waals surface area contributed by atoms with Crippen LogP contribution in [0.5, 0.6) is 5.75 Å². The lowest BCUT2D eigenvalue weighted by molar-refractivity contribution is -0.118. The normalized spacial score (nSPS) is 11.3. The Bertz CT molecular complexity index is 687. The smallest absolute Gasteiger partial charge is 0.242 e. The first-order valence-electron chi connectivity index (χ1n) is 7.02. The third kappa shape index (κ3) is 4.10. The number of nitriles is 1. The number of methoxy groups -OCH3 is 1. The molecule has 0 bridgehead atoms. The van der Waals surface area contributed by atoms with Crippen LogP contribution in [0.1, 0.15) is 11.1 Å². The van der Waals surface area contributed by atoms with Crippen molar-refractivity contribution in [3.05, 3.63) is 59.7 Å². The zero-order valence-electron chi connectivity index (χ0n) is 12.7. The summed E-state index contributed by atoms with van der Waals surface area (Å²) in [4.78, 5) is 12.2. The van der Waals surface area contributed by atoms with Crippen LogP contribution in [0.25, 0.3) is 0 Å². The summed E-state index contributed by atoms with van der Waals surface area (Å²) in [5, 5.41) is 12.0. The maximum atomic E-state index is 12.2. The summed E-state index contributed by atoms with van der Waals surface area (Å²) in [5.74, 6) is -0.323. The van der Waals surface area contributed by atoms with Crippen molar-refractivity contribution in [1.82, 2.24) is 0 Å². The van der Waals surface area contributed by atoms with E-state index in [0.717, 1.165) is 11.1 Å². The lowest BCUT2D eigenvalue weighted by atomic mass is 9.99. The van der Waals surface area contributed by atoms with Crippen molar-refractivity contribution < 1.29 is 9.53 Å². The van der Waals surface area contributed by atoms with Crippen LogP contribution in [-0.4, -0.2) is 13.0 Å². The molecule has 1 atom stereocenters. The summed E-state index contributed by atoms with van der Waals surface area (Å²) >= 11 is 0. The lowest BCUT2D eigenvalue weighted by Crippen LogP contribution is -2.23. The van der Waals surface area contributed by atoms with E-state index >= 15 is 0 Å². The molecule has 2 aromatic rings. The van der Waals surface area contributed by atoms with Gasteiger partial charge < -0.3 is 10.1 Å². The molecule has 0 heterocycles. The fraction of sp³-hybridized carbons (Fsp3) is 0.222. The first-order chi connectivity index (χ1) is 10.6. The minimum Gasteiger partial charge on any atom is -0.497 e. The Balaban J connectivity index is 2.05. The van der Waals surface area contributed by atoms with E-state index in [-0.39, 0.29) is 5.91 Å². The molecule has 0 radical (unpaired) electrons. The Morgan fingerprint density at radius 1 is 1.27 bits per heavy atom. The van der Waals surface area contributed by atoms with E-state index < -0.39 is 5.92 Å². The summed E-state index contributed by atoms with van der Waals surface area (Å²) in [6.45, 7) is 1.98. The van der Waals surface area contributed by atoms with E-state index in [1.54, 1.807) is 7.11 Å². The van der Waals surface area contributed by atoms with Gasteiger partial charge in [-0.2, -0.15) is 5.26 Å². The van der Waals surface area contributed by atoms with E-state index in [9.17, 15) is 10.1 Å². The number of nitrogens with zero attached hydrogens (tertiary/aromatic N) is 1. The van der Waals surface area contributed by atoms with Crippen molar-refractivity contribution in [3.63, 3.8) is 0 Å². The van der Waals surface area contributed by atoms with Crippen LogP contribution in [0.2, 0.25) is 0 Å². The number of ether oxygens (including phenoxy) is 1. The SMILES string of the molecule is COc1cccc(C[C@@H](C#N)C(=O)Nc2ccc(C)cc2)c1. The van der Waals surface area contributed by atoms with Gasteiger partial charge in [-0.3, -0.25) is 4.79 Å². The molecule has 0 aromatic heterocycles. The molecular weight excluding hydrogens is 276 g/mol. The quantitative estimate of drug-likeness (QED) is 0.920. The summed E-state index contributed by atoms with van der Waals surface area (Å²) in [6.07, 6.45) is 0.353. The van der Waals surface area contributed by atoms with Gasteiger partial charge in [0.05, 0.1) is 13.2 Å². The number of hydrogen-bond acceptors (Lipinski definition) is 3. The van der Waals surface area contributed by atoms with Crippen molar-refractivity contribution in [2.24, 2.45) is 5.92 Å². The van der Waals surface area contributed by atoms with E-state index in [1.165, 1.54) is 0 Å². The average Bonchev–Trinajstić information content (AvgIpc) is 2.54. The molecule has 2 aromatic carbocycles. The van der Waals surface area contributed by atoms with Crippen molar-refractivity contribution in [1.29, 1.82) is 5.26 Å². The van der Waals surface area contributed by atoms with Gasteiger partial charge in [0.2, 0.25) is 5.91 Å². The summed E-state index contributed by atoms with van der Waals surface area (Å²) in [5.41, 5.74) is 2.71. The molecule has 4 nitrogen and oxygen atoms in total. The number of nitrogens with one attached hydrogen (secondary N) is 1. The molecule has 22 heavy (non-hydrogen) atoms. The van der Waals surface area contributed by atoms with Gasteiger partial charge in [0.1, 0.15) is 11.7 Å². The third-order valence-electron chi connectivity index (χ3n) is 3.37. The Kier molecular flexibility index (Phi) is 5.16. The topological polar surface area (TPSA) is 62.1 Å². The molecule has 2 rings (SSSR count). The van der Waals surface area contributed by atoms with Crippen molar-refractivity contribution in [3.8, 4) is 11.8 Å². The number of anilines is 1. The van der Waals surface area contributed by atoms with Crippen LogP contribution in [0.4, 0.5) is 5.69 Å². The zero-order valence-corrected chi connectivity index (χ0v) is 12.7. The Morgan fingerprint density at radius 3 is 2.64 bits per heavy atom. The van der Waals surface area contributed by atoms with Gasteiger partial charge in [-0.05, 0) is 43.2 Å². The number of aryl methyl sites for hydroxylation is 1. The van der Waals surface area contributed by atoms with Crippen molar-refractivity contribution in [2.45, 2.75) is 13.3 Å². The van der Waals surface area contributed by atoms with Crippen LogP contribution in [0.3, 0.4) is 0 Å². The van der Waals surface area contributed by atoms with E-state index in [2.05, 4.69) is 11.4 Å². The maximum Gasteiger partial charge on any atom is 0.242 e. The number of carbonyl (C=O) groups is 1. The largest absolute Gasteiger partial charge is 0.497 e. The molecule has 1 N–H and O–H groups in total. The highest BCUT2D eigenvalue weighted by Crippen LogP contribution is 2.17. The van der Waals surface area contributed by atoms with Gasteiger partial charge >= 0.3 is 0 Å². The monoisotopic (exact) mass is 294 g/mol. The summed E-state index contributed by atoms with van der Waals surface area (Å²) < 4.78 is 5.15. The predicted molar refractivity (Wildman–Crippen MR) is 85.6 cm³/mol. The predicted octanol–water partition coefficient (Wildman–Crippen LogP) is 3.32. The second kappa shape index (κ2) is 7.28. The molecule has 0 saturated carbocycles. The Labute approximate surface area is 130 Å². The van der Waals surface area contributed by atoms with Gasteiger partial charge in [-0.15, -0.1) is 0 Å². The third-order valence-corrected chi connectivity index (χ3v) is 3.37. The molecule has 0 saturated heterocycles. The number of carbonyl (C=O) groups excluding carboxylic acids is 1. The summed E-state index contributed by atoms with van der Waals surface area (Å²) in [6, 6.07) is 16.9. The standard InChI is InChI=1S/C18H18N2O2/c1-13-6-8-16(9-7-13)20-18(21)15(12-19)10-14-4-3-5-17(11-14)22-2/h3-9,11,15H,10H2,1-2H3,(H,20,21)/t15-/m0/s1. The molecule has 0 fully saturated rings. The fourth-order valence-electron chi connectivity index (χ4n) is 2.10. The van der Waals surface area contributed by atoms with Gasteiger partial charge in [-0.1, -0.05) is 29.8 Å². The minimum absolute atomic E-state index is 0.297. The van der Waals surface area contributed by atoms with Crippen LogP contribution in [-0.2, 0) is 11.2 Å². The highest BCUT2D eigenvalue weighted by Gasteiger charge is 2.18. The van der Waals surface area contributed by atoms with Crippen LogP contribution in [0, 0.1) is 24.2 Å². The van der Waals surface area contributed by atoms with Crippen LogP contribution < -0.4 is 10.1 Å². The first-order valence-corrected chi connectivity index (χ1v) is 7.02. The molecule has 0 spiro atoms. The van der Waals surface area contributed by atoms with E-state index in [1.807, 2.05) is 55.5 Å². The zero-order chi connectivity index (χ0) is 15.9. The number of amides is 1. The molecule has 0 aliphatic rings. The summed E-state index contributed by atoms with van der Waals surface area (Å²) in [7, 11) is 1.59. The van der Waals surface area contributed by atoms with E-state index in [4.69, 9.17) is 4.74 Å². The first kappa shape index (κ1) is 15.6. The van der Waals surface area contributed by atoms with Gasteiger partial charge in [0, 0.05) is 5.69 Å². The molecule has 0 aliphatic heterocycles. The minimum atomic E-state index is -0.742. The fourth-order valence-corrected chi connectivity index (χ4v) is 2.10. The molecule has 1 amide bonds. The number of rotatable bonds is 5. The van der Waals surface area contributed by atoms with Gasteiger partial charge in [0.25, 0.3) is 0 Å². The highest BCUT2D eigenvalue weighted by molar-refractivity contribution is 5.94. The van der Waals surface area contributed by atoms with Crippen molar-refractivity contribution >= 4 is 11.6 Å².